The van der Waals surface area contributed by atoms with E-state index >= 15 is 0 Å². The summed E-state index contributed by atoms with van der Waals surface area (Å²) >= 11 is 0. The van der Waals surface area contributed by atoms with Crippen molar-refractivity contribution in [2.75, 3.05) is 0 Å². The first-order chi connectivity index (χ1) is 21.8. The Balaban J connectivity index is 1.04. The average Bonchev–Trinajstić information content (AvgIpc) is 3.09. The van der Waals surface area contributed by atoms with Crippen LogP contribution in [0.4, 0.5) is 0 Å². The van der Waals surface area contributed by atoms with Gasteiger partial charge in [0.25, 0.3) is 0 Å². The van der Waals surface area contributed by atoms with Gasteiger partial charge >= 0.3 is 0 Å². The van der Waals surface area contributed by atoms with Crippen LogP contribution in [0.15, 0.2) is 158 Å². The second-order valence-corrected chi connectivity index (χ2v) is 12.1. The molecule has 0 aliphatic heterocycles. The zero-order chi connectivity index (χ0) is 28.8. The molecule has 10 aromatic carbocycles. The number of rotatable bonds is 3. The Bertz CT molecular complexity index is 2660. The molecule has 0 saturated heterocycles. The molecule has 0 spiro atoms. The highest BCUT2D eigenvalue weighted by Crippen LogP contribution is 2.42. The van der Waals surface area contributed by atoms with E-state index in [0.717, 1.165) is 0 Å². The molecule has 0 aliphatic carbocycles. The van der Waals surface area contributed by atoms with E-state index in [-0.39, 0.29) is 0 Å². The van der Waals surface area contributed by atoms with Crippen molar-refractivity contribution in [3.8, 4) is 33.4 Å². The van der Waals surface area contributed by atoms with Crippen molar-refractivity contribution in [2.45, 2.75) is 0 Å². The molecular weight excluding hydrogens is 528 g/mol. The first-order valence-electron chi connectivity index (χ1n) is 15.3. The lowest BCUT2D eigenvalue weighted by molar-refractivity contribution is 1.60. The fourth-order valence-corrected chi connectivity index (χ4v) is 7.67. The third kappa shape index (κ3) is 3.34. The molecule has 0 nitrogen and oxygen atoms in total. The first-order valence-corrected chi connectivity index (χ1v) is 15.3. The maximum atomic E-state index is 2.37. The Morgan fingerprint density at radius 2 is 0.614 bits per heavy atom. The molecular formula is C44H26. The fourth-order valence-electron chi connectivity index (χ4n) is 7.67. The van der Waals surface area contributed by atoms with Gasteiger partial charge in [-0.1, -0.05) is 152 Å². The molecule has 0 N–H and O–H groups in total. The minimum atomic E-state index is 1.23. The molecule has 0 aromatic heterocycles. The summed E-state index contributed by atoms with van der Waals surface area (Å²) < 4.78 is 0. The van der Waals surface area contributed by atoms with Gasteiger partial charge in [-0.2, -0.15) is 0 Å². The molecule has 0 unspecified atom stereocenters. The van der Waals surface area contributed by atoms with Gasteiger partial charge in [0.05, 0.1) is 0 Å². The van der Waals surface area contributed by atoms with E-state index in [4.69, 9.17) is 0 Å². The molecule has 202 valence electrons. The van der Waals surface area contributed by atoms with Crippen LogP contribution in [0.5, 0.6) is 0 Å². The molecule has 0 atom stereocenters. The van der Waals surface area contributed by atoms with E-state index in [1.807, 2.05) is 0 Å². The summed E-state index contributed by atoms with van der Waals surface area (Å²) in [5.41, 5.74) is 7.53. The molecule has 10 aromatic rings. The SMILES string of the molecule is c1cc2ccc3ccc(-c4ccc(-c5ccc(-c6cc7cccc8ccc9cccc6c9c87)cc5)cc4)c4ccc(c1)c2c34. The van der Waals surface area contributed by atoms with Gasteiger partial charge in [0.2, 0.25) is 0 Å². The zero-order valence-corrected chi connectivity index (χ0v) is 24.0. The highest BCUT2D eigenvalue weighted by atomic mass is 14.2. The van der Waals surface area contributed by atoms with Crippen LogP contribution in [0, 0.1) is 0 Å². The zero-order valence-electron chi connectivity index (χ0n) is 24.0. The molecule has 0 aliphatic rings. The summed E-state index contributed by atoms with van der Waals surface area (Å²) in [6.07, 6.45) is 0. The second-order valence-electron chi connectivity index (χ2n) is 12.1. The summed E-state index contributed by atoms with van der Waals surface area (Å²) in [7, 11) is 0. The fraction of sp³-hybridized carbons (Fsp3) is 0. The van der Waals surface area contributed by atoms with Crippen LogP contribution < -0.4 is 0 Å². The lowest BCUT2D eigenvalue weighted by atomic mass is 9.88. The van der Waals surface area contributed by atoms with E-state index in [9.17, 15) is 0 Å². The Morgan fingerprint density at radius 3 is 1.23 bits per heavy atom. The van der Waals surface area contributed by atoms with Gasteiger partial charge < -0.3 is 0 Å². The number of benzene rings is 10. The molecule has 44 heavy (non-hydrogen) atoms. The van der Waals surface area contributed by atoms with Crippen molar-refractivity contribution in [1.82, 2.24) is 0 Å². The quantitative estimate of drug-likeness (QED) is 0.191. The van der Waals surface area contributed by atoms with Crippen LogP contribution in [0.2, 0.25) is 0 Å². The average molecular weight is 555 g/mol. The predicted molar refractivity (Wildman–Crippen MR) is 190 cm³/mol. The summed E-state index contributed by atoms with van der Waals surface area (Å²) in [5.74, 6) is 0. The van der Waals surface area contributed by atoms with Gasteiger partial charge in [0.15, 0.2) is 0 Å². The topological polar surface area (TPSA) is 0 Å². The van der Waals surface area contributed by atoms with Crippen LogP contribution in [0.25, 0.3) is 98.0 Å². The second kappa shape index (κ2) is 8.89. The smallest absolute Gasteiger partial charge is 0.00206 e. The third-order valence-electron chi connectivity index (χ3n) is 9.76. The van der Waals surface area contributed by atoms with Crippen molar-refractivity contribution in [1.29, 1.82) is 0 Å². The van der Waals surface area contributed by atoms with E-state index in [0.29, 0.717) is 0 Å². The lowest BCUT2D eigenvalue weighted by Crippen LogP contribution is -1.88. The summed E-state index contributed by atoms with van der Waals surface area (Å²) in [5, 5.41) is 15.9. The van der Waals surface area contributed by atoms with Crippen molar-refractivity contribution in [3.63, 3.8) is 0 Å². The van der Waals surface area contributed by atoms with Crippen molar-refractivity contribution >= 4 is 64.6 Å². The summed E-state index contributed by atoms with van der Waals surface area (Å²) in [4.78, 5) is 0. The van der Waals surface area contributed by atoms with Gasteiger partial charge in [-0.15, -0.1) is 0 Å². The predicted octanol–water partition coefficient (Wildman–Crippen LogP) is 12.5. The van der Waals surface area contributed by atoms with Gasteiger partial charge in [-0.25, -0.2) is 0 Å². The van der Waals surface area contributed by atoms with E-state index in [1.54, 1.807) is 0 Å². The Labute approximate surface area is 255 Å². The maximum Gasteiger partial charge on any atom is -0.00206 e. The molecule has 10 rings (SSSR count). The van der Waals surface area contributed by atoms with Crippen molar-refractivity contribution in [2.24, 2.45) is 0 Å². The molecule has 0 heteroatoms. The van der Waals surface area contributed by atoms with Crippen molar-refractivity contribution in [3.05, 3.63) is 158 Å². The molecule has 0 saturated carbocycles. The monoisotopic (exact) mass is 554 g/mol. The Morgan fingerprint density at radius 1 is 0.227 bits per heavy atom. The highest BCUT2D eigenvalue weighted by Gasteiger charge is 2.14. The highest BCUT2D eigenvalue weighted by molar-refractivity contribution is 6.27. The number of hydrogen-bond acceptors (Lipinski definition) is 0. The largest absolute Gasteiger partial charge is 0.0610 e. The lowest BCUT2D eigenvalue weighted by Gasteiger charge is -2.15. The summed E-state index contributed by atoms with van der Waals surface area (Å²) in [6, 6.07) is 58.6. The van der Waals surface area contributed by atoms with Crippen LogP contribution >= 0.6 is 0 Å². The van der Waals surface area contributed by atoms with Gasteiger partial charge in [0.1, 0.15) is 0 Å². The Hall–Kier alpha value is -5.72. The standard InChI is InChI=1S/C44H26/c1-4-31-19-21-35-22-24-37(39-25-23-33(5-1)41(31)44(35)39)29-14-10-27(11-15-29)28-12-16-30(17-13-28)40-26-36-8-2-6-32-18-20-34-7-3-9-38(40)43(34)42(32)36/h1-26H. The maximum absolute atomic E-state index is 2.37. The van der Waals surface area contributed by atoms with Crippen LogP contribution in [-0.2, 0) is 0 Å². The first kappa shape index (κ1) is 23.8. The molecule has 0 fully saturated rings. The van der Waals surface area contributed by atoms with Crippen LogP contribution in [0.1, 0.15) is 0 Å². The van der Waals surface area contributed by atoms with Gasteiger partial charge in [-0.3, -0.25) is 0 Å². The Kier molecular flexibility index (Phi) is 4.81. The minimum Gasteiger partial charge on any atom is -0.0610 e. The molecule has 0 bridgehead atoms. The number of hydrogen-bond donors (Lipinski definition) is 0. The third-order valence-corrected chi connectivity index (χ3v) is 9.76. The van der Waals surface area contributed by atoms with E-state index < -0.39 is 0 Å². The molecule has 0 heterocycles. The van der Waals surface area contributed by atoms with Crippen molar-refractivity contribution < 1.29 is 0 Å². The normalized spacial score (nSPS) is 12.1. The minimum absolute atomic E-state index is 1.23. The molecule has 0 radical (unpaired) electrons. The summed E-state index contributed by atoms with van der Waals surface area (Å²) in [6.45, 7) is 0. The van der Waals surface area contributed by atoms with E-state index in [2.05, 4.69) is 158 Å². The van der Waals surface area contributed by atoms with Gasteiger partial charge in [0, 0.05) is 0 Å². The van der Waals surface area contributed by atoms with Crippen LogP contribution in [-0.4, -0.2) is 0 Å². The van der Waals surface area contributed by atoms with Gasteiger partial charge in [-0.05, 0) is 104 Å². The van der Waals surface area contributed by atoms with Crippen LogP contribution in [0.3, 0.4) is 0 Å². The molecule has 0 amide bonds. The van der Waals surface area contributed by atoms with E-state index in [1.165, 1.54) is 98.0 Å².